The van der Waals surface area contributed by atoms with Crippen molar-refractivity contribution in [3.63, 3.8) is 0 Å². The van der Waals surface area contributed by atoms with Crippen LogP contribution in [0, 0.1) is 25.6 Å². The van der Waals surface area contributed by atoms with Gasteiger partial charge in [0.25, 0.3) is 0 Å². The molecule has 1 heterocycles. The minimum atomic E-state index is -0.845. The van der Waals surface area contributed by atoms with Crippen molar-refractivity contribution < 1.29 is 18.8 Å². The molecule has 1 aliphatic carbocycles. The molecule has 1 amide bonds. The predicted molar refractivity (Wildman–Crippen MR) is 101 cm³/mol. The van der Waals surface area contributed by atoms with E-state index >= 15 is 0 Å². The Morgan fingerprint density at radius 2 is 1.79 bits per heavy atom. The summed E-state index contributed by atoms with van der Waals surface area (Å²) in [5.41, 5.74) is 2.91. The van der Waals surface area contributed by atoms with Crippen LogP contribution in [0.1, 0.15) is 42.4 Å². The molecule has 28 heavy (non-hydrogen) atoms. The monoisotopic (exact) mass is 383 g/mol. The molecular formula is C21H22FN3O3. The molecule has 0 bridgehead atoms. The maximum absolute atomic E-state index is 13.1. The van der Waals surface area contributed by atoms with Crippen LogP contribution in [0.25, 0.3) is 11.4 Å². The SMILES string of the molecule is CCNC(=O)CC1CC(=O)C(c2c(C)cc(-c3ncc(F)cn3)cc2C)C1=O. The Balaban J connectivity index is 1.91. The van der Waals surface area contributed by atoms with Gasteiger partial charge in [-0.2, -0.15) is 0 Å². The summed E-state index contributed by atoms with van der Waals surface area (Å²) < 4.78 is 13.1. The summed E-state index contributed by atoms with van der Waals surface area (Å²) in [5.74, 6) is -2.15. The van der Waals surface area contributed by atoms with Crippen molar-refractivity contribution in [2.24, 2.45) is 5.92 Å². The Morgan fingerprint density at radius 3 is 2.36 bits per heavy atom. The fourth-order valence-electron chi connectivity index (χ4n) is 3.85. The molecule has 3 rings (SSSR count). The van der Waals surface area contributed by atoms with Gasteiger partial charge in [0.1, 0.15) is 11.7 Å². The van der Waals surface area contributed by atoms with Crippen molar-refractivity contribution >= 4 is 17.5 Å². The Labute approximate surface area is 162 Å². The van der Waals surface area contributed by atoms with Crippen LogP contribution in [0.4, 0.5) is 4.39 Å². The van der Waals surface area contributed by atoms with Crippen LogP contribution < -0.4 is 5.32 Å². The van der Waals surface area contributed by atoms with E-state index in [1.807, 2.05) is 13.8 Å². The molecule has 6 nitrogen and oxygen atoms in total. The first-order valence-electron chi connectivity index (χ1n) is 9.24. The number of nitrogens with one attached hydrogen (secondary N) is 1. The van der Waals surface area contributed by atoms with E-state index in [4.69, 9.17) is 0 Å². The Kier molecular flexibility index (Phi) is 5.63. The van der Waals surface area contributed by atoms with Crippen molar-refractivity contribution in [3.8, 4) is 11.4 Å². The lowest BCUT2D eigenvalue weighted by Gasteiger charge is -2.17. The zero-order chi connectivity index (χ0) is 20.4. The summed E-state index contributed by atoms with van der Waals surface area (Å²) in [6.45, 7) is 5.95. The lowest BCUT2D eigenvalue weighted by Crippen LogP contribution is -2.27. The van der Waals surface area contributed by atoms with Crippen LogP contribution in [0.15, 0.2) is 24.5 Å². The fraction of sp³-hybridized carbons (Fsp3) is 0.381. The van der Waals surface area contributed by atoms with Gasteiger partial charge < -0.3 is 5.32 Å². The molecule has 1 aliphatic rings. The molecule has 0 radical (unpaired) electrons. The normalized spacial score (nSPS) is 19.1. The van der Waals surface area contributed by atoms with Crippen molar-refractivity contribution in [1.29, 1.82) is 0 Å². The fourth-order valence-corrected chi connectivity index (χ4v) is 3.85. The van der Waals surface area contributed by atoms with Crippen LogP contribution in [0.2, 0.25) is 0 Å². The Bertz CT molecular complexity index is 917. The van der Waals surface area contributed by atoms with Gasteiger partial charge >= 0.3 is 0 Å². The third kappa shape index (κ3) is 3.83. The smallest absolute Gasteiger partial charge is 0.220 e. The number of halogens is 1. The highest BCUT2D eigenvalue weighted by atomic mass is 19.1. The number of hydrogen-bond acceptors (Lipinski definition) is 5. The minimum absolute atomic E-state index is 0.0362. The molecular weight excluding hydrogens is 361 g/mol. The number of Topliss-reactive ketones (excluding diaryl/α,β-unsaturated/α-hetero) is 2. The zero-order valence-corrected chi connectivity index (χ0v) is 16.1. The largest absolute Gasteiger partial charge is 0.356 e. The van der Waals surface area contributed by atoms with Gasteiger partial charge in [-0.15, -0.1) is 0 Å². The molecule has 1 aromatic heterocycles. The average molecular weight is 383 g/mol. The molecule has 2 unspecified atom stereocenters. The molecule has 1 saturated carbocycles. The lowest BCUT2D eigenvalue weighted by molar-refractivity contribution is -0.128. The Hall–Kier alpha value is -2.96. The van der Waals surface area contributed by atoms with E-state index in [1.165, 1.54) is 0 Å². The number of nitrogens with zero attached hydrogens (tertiary/aromatic N) is 2. The number of hydrogen-bond donors (Lipinski definition) is 1. The van der Waals surface area contributed by atoms with Crippen molar-refractivity contribution in [3.05, 3.63) is 47.0 Å². The van der Waals surface area contributed by atoms with Crippen LogP contribution in [0.5, 0.6) is 0 Å². The molecule has 0 saturated heterocycles. The van der Waals surface area contributed by atoms with Gasteiger partial charge in [-0.25, -0.2) is 14.4 Å². The zero-order valence-electron chi connectivity index (χ0n) is 16.1. The summed E-state index contributed by atoms with van der Waals surface area (Å²) in [7, 11) is 0. The van der Waals surface area contributed by atoms with Gasteiger partial charge in [0.05, 0.1) is 12.4 Å². The number of benzene rings is 1. The first kappa shape index (κ1) is 19.8. The van der Waals surface area contributed by atoms with Crippen molar-refractivity contribution in [1.82, 2.24) is 15.3 Å². The maximum Gasteiger partial charge on any atom is 0.220 e. The standard InChI is InChI=1S/C21H22FN3O3/c1-4-23-17(27)8-13-7-16(26)19(20(13)28)18-11(2)5-14(6-12(18)3)21-24-9-15(22)10-25-21/h5-6,9-10,13,19H,4,7-8H2,1-3H3,(H,23,27). The van der Waals surface area contributed by atoms with Gasteiger partial charge in [0, 0.05) is 30.9 Å². The molecule has 2 atom stereocenters. The molecule has 146 valence electrons. The number of aromatic nitrogens is 2. The highest BCUT2D eigenvalue weighted by molar-refractivity contribution is 6.15. The van der Waals surface area contributed by atoms with Crippen LogP contribution in [0.3, 0.4) is 0 Å². The van der Waals surface area contributed by atoms with Crippen molar-refractivity contribution in [2.75, 3.05) is 6.54 Å². The van der Waals surface area contributed by atoms with E-state index in [9.17, 15) is 18.8 Å². The number of carbonyl (C=O) groups excluding carboxylic acids is 3. The second-order valence-corrected chi connectivity index (χ2v) is 7.11. The average Bonchev–Trinajstić information content (AvgIpc) is 2.89. The molecule has 1 N–H and O–H groups in total. The van der Waals surface area contributed by atoms with E-state index in [1.54, 1.807) is 19.1 Å². The second-order valence-electron chi connectivity index (χ2n) is 7.11. The van der Waals surface area contributed by atoms with E-state index in [2.05, 4.69) is 15.3 Å². The molecule has 1 aromatic carbocycles. The number of amides is 1. The van der Waals surface area contributed by atoms with Crippen LogP contribution in [-0.4, -0.2) is 34.0 Å². The number of rotatable bonds is 5. The number of ketones is 2. The van der Waals surface area contributed by atoms with Gasteiger partial charge in [0.15, 0.2) is 17.4 Å². The summed E-state index contributed by atoms with van der Waals surface area (Å²) in [5, 5.41) is 2.67. The first-order valence-corrected chi connectivity index (χ1v) is 9.24. The minimum Gasteiger partial charge on any atom is -0.356 e. The third-order valence-electron chi connectivity index (χ3n) is 5.02. The van der Waals surface area contributed by atoms with Crippen molar-refractivity contribution in [2.45, 2.75) is 39.5 Å². The summed E-state index contributed by atoms with van der Waals surface area (Å²) in [6.07, 6.45) is 2.31. The van der Waals surface area contributed by atoms with E-state index in [-0.39, 0.29) is 30.3 Å². The van der Waals surface area contributed by atoms with E-state index in [0.717, 1.165) is 23.5 Å². The topological polar surface area (TPSA) is 89.0 Å². The predicted octanol–water partition coefficient (Wildman–Crippen LogP) is 2.67. The highest BCUT2D eigenvalue weighted by Crippen LogP contribution is 2.38. The van der Waals surface area contributed by atoms with Crippen LogP contribution in [-0.2, 0) is 14.4 Å². The van der Waals surface area contributed by atoms with E-state index in [0.29, 0.717) is 23.5 Å². The quantitative estimate of drug-likeness (QED) is 0.802. The molecule has 1 fully saturated rings. The highest BCUT2D eigenvalue weighted by Gasteiger charge is 2.43. The number of carbonyl (C=O) groups is 3. The lowest BCUT2D eigenvalue weighted by atomic mass is 9.86. The van der Waals surface area contributed by atoms with E-state index < -0.39 is 17.7 Å². The van der Waals surface area contributed by atoms with Gasteiger partial charge in [-0.05, 0) is 49.6 Å². The van der Waals surface area contributed by atoms with Gasteiger partial charge in [-0.3, -0.25) is 14.4 Å². The summed E-state index contributed by atoms with van der Waals surface area (Å²) in [6, 6.07) is 3.60. The van der Waals surface area contributed by atoms with Gasteiger partial charge in [-0.1, -0.05) is 0 Å². The van der Waals surface area contributed by atoms with Gasteiger partial charge in [0.2, 0.25) is 5.91 Å². The second kappa shape index (κ2) is 7.96. The molecule has 7 heteroatoms. The maximum atomic E-state index is 13.1. The molecule has 0 aliphatic heterocycles. The third-order valence-corrected chi connectivity index (χ3v) is 5.02. The molecule has 0 spiro atoms. The van der Waals surface area contributed by atoms with Crippen LogP contribution >= 0.6 is 0 Å². The first-order chi connectivity index (χ1) is 13.3. The Morgan fingerprint density at radius 1 is 1.18 bits per heavy atom. The summed E-state index contributed by atoms with van der Waals surface area (Å²) >= 11 is 0. The summed E-state index contributed by atoms with van der Waals surface area (Å²) in [4.78, 5) is 45.3. The number of aryl methyl sites for hydroxylation is 2. The molecule has 2 aromatic rings.